The number of thiophene rings is 1. The van der Waals surface area contributed by atoms with Gasteiger partial charge in [-0.3, -0.25) is 0 Å². The molecule has 0 saturated heterocycles. The number of hydrogen-bond acceptors (Lipinski definition) is 7. The molecule has 6 nitrogen and oxygen atoms in total. The van der Waals surface area contributed by atoms with Crippen molar-refractivity contribution in [3.05, 3.63) is 41.0 Å². The number of nitrogens with zero attached hydrogens (tertiary/aromatic N) is 2. The number of esters is 1. The molecule has 1 aromatic carbocycles. The molecular formula is C17H17N3O3S. The molecule has 0 aliphatic heterocycles. The Labute approximate surface area is 143 Å². The number of nitrogens with one attached hydrogen (secondary N) is 1. The van der Waals surface area contributed by atoms with Crippen molar-refractivity contribution in [3.8, 4) is 5.75 Å². The average Bonchev–Trinajstić information content (AvgIpc) is 2.94. The van der Waals surface area contributed by atoms with Crippen LogP contribution in [0.3, 0.4) is 0 Å². The number of methoxy groups -OCH3 is 1. The van der Waals surface area contributed by atoms with Gasteiger partial charge in [-0.1, -0.05) is 12.1 Å². The van der Waals surface area contributed by atoms with E-state index in [9.17, 15) is 4.79 Å². The van der Waals surface area contributed by atoms with Crippen LogP contribution in [0, 0.1) is 6.92 Å². The van der Waals surface area contributed by atoms with Crippen LogP contribution >= 0.6 is 11.3 Å². The van der Waals surface area contributed by atoms with E-state index in [0.29, 0.717) is 23.1 Å². The Morgan fingerprint density at radius 3 is 2.83 bits per heavy atom. The lowest BCUT2D eigenvalue weighted by Crippen LogP contribution is -2.03. The smallest absolute Gasteiger partial charge is 0.348 e. The van der Waals surface area contributed by atoms with Crippen molar-refractivity contribution in [1.29, 1.82) is 0 Å². The lowest BCUT2D eigenvalue weighted by molar-refractivity contribution is 0.0531. The number of para-hydroxylation sites is 2. The fraction of sp³-hybridized carbons (Fsp3) is 0.235. The molecule has 7 heteroatoms. The Bertz CT molecular complexity index is 892. The molecule has 0 saturated carbocycles. The highest BCUT2D eigenvalue weighted by molar-refractivity contribution is 7.20. The van der Waals surface area contributed by atoms with E-state index in [4.69, 9.17) is 9.47 Å². The summed E-state index contributed by atoms with van der Waals surface area (Å²) in [6, 6.07) is 7.58. The quantitative estimate of drug-likeness (QED) is 0.708. The first-order valence-corrected chi connectivity index (χ1v) is 8.28. The number of ether oxygens (including phenoxy) is 2. The molecule has 24 heavy (non-hydrogen) atoms. The van der Waals surface area contributed by atoms with E-state index in [1.165, 1.54) is 17.7 Å². The van der Waals surface area contributed by atoms with E-state index in [-0.39, 0.29) is 5.97 Å². The van der Waals surface area contributed by atoms with Gasteiger partial charge >= 0.3 is 5.97 Å². The fourth-order valence-corrected chi connectivity index (χ4v) is 3.48. The first-order chi connectivity index (χ1) is 11.7. The van der Waals surface area contributed by atoms with E-state index in [2.05, 4.69) is 15.3 Å². The standard InChI is InChI=1S/C17H17N3O3S/c1-4-23-17(21)14-10(2)13-15(18-9-19-16(13)24-14)20-11-7-5-6-8-12(11)22-3/h5-9H,4H2,1-3H3,(H,18,19,20). The van der Waals surface area contributed by atoms with Gasteiger partial charge in [0.05, 0.1) is 24.8 Å². The molecule has 0 bridgehead atoms. The summed E-state index contributed by atoms with van der Waals surface area (Å²) in [7, 11) is 1.62. The molecule has 0 atom stereocenters. The number of carbonyl (C=O) groups excluding carboxylic acids is 1. The molecule has 0 amide bonds. The van der Waals surface area contributed by atoms with Crippen molar-refractivity contribution >= 4 is 39.0 Å². The molecular weight excluding hydrogens is 326 g/mol. The largest absolute Gasteiger partial charge is 0.495 e. The van der Waals surface area contributed by atoms with Gasteiger partial charge < -0.3 is 14.8 Å². The number of aryl methyl sites for hydroxylation is 1. The van der Waals surface area contributed by atoms with Crippen LogP contribution in [-0.2, 0) is 4.74 Å². The van der Waals surface area contributed by atoms with Gasteiger partial charge in [0.25, 0.3) is 0 Å². The normalized spacial score (nSPS) is 10.6. The number of hydrogen-bond donors (Lipinski definition) is 1. The molecule has 2 heterocycles. The van der Waals surface area contributed by atoms with E-state index >= 15 is 0 Å². The molecule has 124 valence electrons. The monoisotopic (exact) mass is 343 g/mol. The van der Waals surface area contributed by atoms with Crippen molar-refractivity contribution in [2.75, 3.05) is 19.0 Å². The summed E-state index contributed by atoms with van der Waals surface area (Å²) >= 11 is 1.31. The van der Waals surface area contributed by atoms with Gasteiger partial charge in [-0.15, -0.1) is 11.3 Å². The number of rotatable bonds is 5. The maximum Gasteiger partial charge on any atom is 0.348 e. The lowest BCUT2D eigenvalue weighted by atomic mass is 10.2. The van der Waals surface area contributed by atoms with Crippen LogP contribution < -0.4 is 10.1 Å². The van der Waals surface area contributed by atoms with Crippen LogP contribution in [-0.4, -0.2) is 29.7 Å². The van der Waals surface area contributed by atoms with Crippen LogP contribution in [0.15, 0.2) is 30.6 Å². The van der Waals surface area contributed by atoms with Crippen LogP contribution in [0.4, 0.5) is 11.5 Å². The van der Waals surface area contributed by atoms with Crippen LogP contribution in [0.5, 0.6) is 5.75 Å². The lowest BCUT2D eigenvalue weighted by Gasteiger charge is -2.11. The molecule has 0 unspecified atom stereocenters. The van der Waals surface area contributed by atoms with E-state index < -0.39 is 0 Å². The summed E-state index contributed by atoms with van der Waals surface area (Å²) in [5.41, 5.74) is 1.61. The number of fused-ring (bicyclic) bond motifs is 1. The minimum absolute atomic E-state index is 0.332. The molecule has 0 radical (unpaired) electrons. The summed E-state index contributed by atoms with van der Waals surface area (Å²) in [5.74, 6) is 1.01. The van der Waals surface area contributed by atoms with Crippen LogP contribution in [0.1, 0.15) is 22.2 Å². The summed E-state index contributed by atoms with van der Waals surface area (Å²) in [5, 5.41) is 4.09. The number of benzene rings is 1. The molecule has 0 spiro atoms. The van der Waals surface area contributed by atoms with Crippen molar-refractivity contribution in [1.82, 2.24) is 9.97 Å². The third-order valence-corrected chi connectivity index (χ3v) is 4.73. The third-order valence-electron chi connectivity index (χ3n) is 3.55. The third kappa shape index (κ3) is 2.90. The zero-order valence-corrected chi connectivity index (χ0v) is 14.4. The highest BCUT2D eigenvalue weighted by atomic mass is 32.1. The van der Waals surface area contributed by atoms with Crippen molar-refractivity contribution < 1.29 is 14.3 Å². The zero-order chi connectivity index (χ0) is 17.1. The zero-order valence-electron chi connectivity index (χ0n) is 13.6. The van der Waals surface area contributed by atoms with Gasteiger partial charge in [0.2, 0.25) is 0 Å². The van der Waals surface area contributed by atoms with Crippen molar-refractivity contribution in [3.63, 3.8) is 0 Å². The summed E-state index contributed by atoms with van der Waals surface area (Å²) < 4.78 is 10.5. The SMILES string of the molecule is CCOC(=O)c1sc2ncnc(Nc3ccccc3OC)c2c1C. The first kappa shape index (κ1) is 16.2. The molecule has 0 fully saturated rings. The predicted octanol–water partition coefficient (Wildman–Crippen LogP) is 3.93. The van der Waals surface area contributed by atoms with Gasteiger partial charge in [-0.05, 0) is 31.5 Å². The number of carbonyl (C=O) groups is 1. The van der Waals surface area contributed by atoms with E-state index in [1.54, 1.807) is 14.0 Å². The Balaban J connectivity index is 2.07. The predicted molar refractivity (Wildman–Crippen MR) is 94.4 cm³/mol. The topological polar surface area (TPSA) is 73.3 Å². The Morgan fingerprint density at radius 2 is 2.08 bits per heavy atom. The Kier molecular flexibility index (Phi) is 4.61. The van der Waals surface area contributed by atoms with Crippen LogP contribution in [0.2, 0.25) is 0 Å². The van der Waals surface area contributed by atoms with Gasteiger partial charge in [0, 0.05) is 0 Å². The Hall–Kier alpha value is -2.67. The average molecular weight is 343 g/mol. The second-order valence-corrected chi connectivity index (χ2v) is 6.00. The molecule has 3 rings (SSSR count). The maximum absolute atomic E-state index is 12.1. The summed E-state index contributed by atoms with van der Waals surface area (Å²) in [6.45, 7) is 4.00. The maximum atomic E-state index is 12.1. The fourth-order valence-electron chi connectivity index (χ4n) is 2.43. The van der Waals surface area contributed by atoms with Gasteiger partial charge in [-0.2, -0.15) is 0 Å². The first-order valence-electron chi connectivity index (χ1n) is 7.47. The van der Waals surface area contributed by atoms with Gasteiger partial charge in [-0.25, -0.2) is 14.8 Å². The summed E-state index contributed by atoms with van der Waals surface area (Å²) in [4.78, 5) is 22.0. The number of anilines is 2. The van der Waals surface area contributed by atoms with Gasteiger partial charge in [0.15, 0.2) is 0 Å². The molecule has 1 N–H and O–H groups in total. The minimum atomic E-state index is -0.332. The molecule has 3 aromatic rings. The van der Waals surface area contributed by atoms with Crippen molar-refractivity contribution in [2.45, 2.75) is 13.8 Å². The summed E-state index contributed by atoms with van der Waals surface area (Å²) in [6.07, 6.45) is 1.48. The minimum Gasteiger partial charge on any atom is -0.495 e. The van der Waals surface area contributed by atoms with Gasteiger partial charge in [0.1, 0.15) is 27.6 Å². The second kappa shape index (κ2) is 6.84. The number of aromatic nitrogens is 2. The van der Waals surface area contributed by atoms with Crippen molar-refractivity contribution in [2.24, 2.45) is 0 Å². The molecule has 0 aliphatic carbocycles. The second-order valence-electron chi connectivity index (χ2n) is 5.00. The van der Waals surface area contributed by atoms with E-state index in [1.807, 2.05) is 31.2 Å². The Morgan fingerprint density at radius 1 is 1.29 bits per heavy atom. The van der Waals surface area contributed by atoms with Crippen LogP contribution in [0.25, 0.3) is 10.2 Å². The molecule has 0 aliphatic rings. The van der Waals surface area contributed by atoms with E-state index in [0.717, 1.165) is 21.5 Å². The highest BCUT2D eigenvalue weighted by Gasteiger charge is 2.20. The highest BCUT2D eigenvalue weighted by Crippen LogP contribution is 2.36. The molecule has 2 aromatic heterocycles.